The van der Waals surface area contributed by atoms with Gasteiger partial charge in [-0.25, -0.2) is 19.9 Å². The van der Waals surface area contributed by atoms with Gasteiger partial charge >= 0.3 is 0 Å². The molecule has 2 aliphatic heterocycles. The van der Waals surface area contributed by atoms with Crippen molar-refractivity contribution in [3.63, 3.8) is 0 Å². The summed E-state index contributed by atoms with van der Waals surface area (Å²) in [6, 6.07) is 92.8. The van der Waals surface area contributed by atoms with Crippen LogP contribution in [0.15, 0.2) is 277 Å². The van der Waals surface area contributed by atoms with Crippen LogP contribution in [0.2, 0.25) is 0 Å². The normalized spacial score (nSPS) is 12.2. The second kappa shape index (κ2) is 19.2. The molecule has 14 rings (SSSR count). The zero-order valence-corrected chi connectivity index (χ0v) is 41.7. The van der Waals surface area contributed by atoms with Crippen LogP contribution in [0.1, 0.15) is 0 Å². The van der Waals surface area contributed by atoms with E-state index in [1.54, 1.807) is 11.8 Å². The quantitative estimate of drug-likeness (QED) is 0.142. The monoisotopic (exact) mass is 992 g/mol. The van der Waals surface area contributed by atoms with Crippen LogP contribution < -0.4 is 14.5 Å². The van der Waals surface area contributed by atoms with Gasteiger partial charge in [0.15, 0.2) is 23.1 Å². The Labute approximate surface area is 445 Å². The van der Waals surface area contributed by atoms with Gasteiger partial charge in [0, 0.05) is 54.5 Å². The standard InChI is InChI=1S/C68H44N6OS/c1-5-21-45(22-6-1)55-43-56(46-23-7-2-8-24-46)71-68(70-55)52-38-49(37-51(39-52)58-44-57(47-25-9-3-10-26-47)69-67(72-58)48-27-11-4-12-28-48)50-40-53(73-59-29-13-17-33-63(59)75-64-34-18-14-30-60(64)73)42-54(41-50)74-61-31-15-19-35-65(61)76-66-36-20-16-32-62(66)74/h1-44H. The first kappa shape index (κ1) is 44.8. The zero-order chi connectivity index (χ0) is 50.4. The Hall–Kier alpha value is -9.89. The maximum absolute atomic E-state index is 6.60. The number of nitrogens with zero attached hydrogens (tertiary/aromatic N) is 6. The van der Waals surface area contributed by atoms with E-state index >= 15 is 0 Å². The number of rotatable bonds is 9. The minimum Gasteiger partial charge on any atom is -0.453 e. The molecule has 0 amide bonds. The molecule has 2 aliphatic rings. The van der Waals surface area contributed by atoms with Crippen molar-refractivity contribution in [3.8, 4) is 90.4 Å². The van der Waals surface area contributed by atoms with Gasteiger partial charge in [-0.2, -0.15) is 0 Å². The second-order valence-electron chi connectivity index (χ2n) is 18.7. The lowest BCUT2D eigenvalue weighted by Crippen LogP contribution is -2.18. The third kappa shape index (κ3) is 8.42. The lowest BCUT2D eigenvalue weighted by atomic mass is 9.95. The van der Waals surface area contributed by atoms with Gasteiger partial charge in [-0.1, -0.05) is 182 Å². The third-order valence-electron chi connectivity index (χ3n) is 13.8. The molecule has 7 nitrogen and oxygen atoms in total. The minimum absolute atomic E-state index is 0.590. The average molecular weight is 993 g/mol. The molecule has 358 valence electrons. The molecule has 0 aliphatic carbocycles. The molecule has 0 fully saturated rings. The van der Waals surface area contributed by atoms with Crippen LogP contribution in [0.3, 0.4) is 0 Å². The van der Waals surface area contributed by atoms with Crippen LogP contribution in [0, 0.1) is 0 Å². The second-order valence-corrected chi connectivity index (χ2v) is 19.8. The Bertz CT molecular complexity index is 3670. The summed E-state index contributed by atoms with van der Waals surface area (Å²) < 4.78 is 6.60. The number of para-hydroxylation sites is 6. The summed E-state index contributed by atoms with van der Waals surface area (Å²) in [6.45, 7) is 0. The molecule has 0 unspecified atom stereocenters. The molecule has 0 spiro atoms. The largest absolute Gasteiger partial charge is 0.453 e. The summed E-state index contributed by atoms with van der Waals surface area (Å²) in [5.41, 5.74) is 16.9. The number of aromatic nitrogens is 4. The Morgan fingerprint density at radius 2 is 0.605 bits per heavy atom. The fourth-order valence-electron chi connectivity index (χ4n) is 10.2. The number of fused-ring (bicyclic) bond motifs is 4. The molecule has 4 heterocycles. The van der Waals surface area contributed by atoms with Crippen molar-refractivity contribution in [2.75, 3.05) is 9.80 Å². The summed E-state index contributed by atoms with van der Waals surface area (Å²) >= 11 is 1.80. The van der Waals surface area contributed by atoms with Gasteiger partial charge in [0.25, 0.3) is 0 Å². The average Bonchev–Trinajstić information content (AvgIpc) is 3.56. The van der Waals surface area contributed by atoms with Gasteiger partial charge in [0.05, 0.1) is 45.5 Å². The van der Waals surface area contributed by atoms with Gasteiger partial charge in [-0.15, -0.1) is 0 Å². The van der Waals surface area contributed by atoms with E-state index in [0.29, 0.717) is 11.6 Å². The van der Waals surface area contributed by atoms with Gasteiger partial charge in [0.2, 0.25) is 0 Å². The number of hydrogen-bond acceptors (Lipinski definition) is 8. The molecule has 0 saturated heterocycles. The van der Waals surface area contributed by atoms with E-state index in [1.807, 2.05) is 72.8 Å². The van der Waals surface area contributed by atoms with Crippen LogP contribution in [0.5, 0.6) is 11.5 Å². The molecule has 0 bridgehead atoms. The number of hydrogen-bond donors (Lipinski definition) is 0. The summed E-state index contributed by atoms with van der Waals surface area (Å²) in [5.74, 6) is 2.78. The van der Waals surface area contributed by atoms with Crippen LogP contribution in [0.4, 0.5) is 34.1 Å². The molecule has 12 aromatic rings. The molecular formula is C68H44N6OS. The smallest absolute Gasteiger partial charge is 0.160 e. The SMILES string of the molecule is c1ccc(-c2cc(-c3cc(-c4cc(N5c6ccccc6Oc6ccccc65)cc(N5c6ccccc6Sc6ccccc65)c4)cc(-c4nc(-c5ccccc5)cc(-c5ccccc5)n4)c3)nc(-c3ccccc3)n2)cc1. The Balaban J connectivity index is 1.06. The number of ether oxygens (including phenoxy) is 1. The van der Waals surface area contributed by atoms with Crippen molar-refractivity contribution in [1.29, 1.82) is 0 Å². The van der Waals surface area contributed by atoms with E-state index < -0.39 is 0 Å². The van der Waals surface area contributed by atoms with E-state index in [4.69, 9.17) is 24.7 Å². The molecule has 0 atom stereocenters. The topological polar surface area (TPSA) is 67.3 Å². The Morgan fingerprint density at radius 1 is 0.263 bits per heavy atom. The fraction of sp³-hybridized carbons (Fsp3) is 0. The molecule has 76 heavy (non-hydrogen) atoms. The first-order valence-electron chi connectivity index (χ1n) is 25.3. The molecule has 10 aromatic carbocycles. The predicted octanol–water partition coefficient (Wildman–Crippen LogP) is 18.4. The molecule has 0 saturated carbocycles. The van der Waals surface area contributed by atoms with E-state index in [0.717, 1.165) is 113 Å². The first-order valence-corrected chi connectivity index (χ1v) is 26.1. The third-order valence-corrected chi connectivity index (χ3v) is 14.9. The number of benzene rings is 10. The van der Waals surface area contributed by atoms with Gasteiger partial charge in [0.1, 0.15) is 0 Å². The Morgan fingerprint density at radius 3 is 1.09 bits per heavy atom. The van der Waals surface area contributed by atoms with Crippen molar-refractivity contribution in [2.45, 2.75) is 9.79 Å². The van der Waals surface area contributed by atoms with Crippen molar-refractivity contribution in [2.24, 2.45) is 0 Å². The zero-order valence-electron chi connectivity index (χ0n) is 40.9. The first-order chi connectivity index (χ1) is 37.6. The highest BCUT2D eigenvalue weighted by Gasteiger charge is 2.30. The predicted molar refractivity (Wildman–Crippen MR) is 309 cm³/mol. The highest BCUT2D eigenvalue weighted by molar-refractivity contribution is 7.99. The van der Waals surface area contributed by atoms with Crippen LogP contribution in [-0.2, 0) is 0 Å². The molecule has 0 radical (unpaired) electrons. The molecular weight excluding hydrogens is 949 g/mol. The highest BCUT2D eigenvalue weighted by atomic mass is 32.2. The van der Waals surface area contributed by atoms with Gasteiger partial charge in [-0.05, 0) is 108 Å². The van der Waals surface area contributed by atoms with E-state index in [2.05, 4.69) is 204 Å². The van der Waals surface area contributed by atoms with E-state index in [1.165, 1.54) is 9.79 Å². The van der Waals surface area contributed by atoms with Crippen LogP contribution in [-0.4, -0.2) is 19.9 Å². The lowest BCUT2D eigenvalue weighted by Gasteiger charge is -2.36. The Kier molecular flexibility index (Phi) is 11.3. The maximum Gasteiger partial charge on any atom is 0.160 e. The summed E-state index contributed by atoms with van der Waals surface area (Å²) in [7, 11) is 0. The fourth-order valence-corrected chi connectivity index (χ4v) is 11.3. The number of anilines is 6. The maximum atomic E-state index is 6.60. The minimum atomic E-state index is 0.590. The van der Waals surface area contributed by atoms with Crippen LogP contribution in [0.25, 0.3) is 78.9 Å². The highest BCUT2D eigenvalue weighted by Crippen LogP contribution is 2.55. The molecule has 0 N–H and O–H groups in total. The molecule has 8 heteroatoms. The van der Waals surface area contributed by atoms with Crippen molar-refractivity contribution < 1.29 is 4.74 Å². The van der Waals surface area contributed by atoms with Gasteiger partial charge < -0.3 is 14.5 Å². The van der Waals surface area contributed by atoms with E-state index in [9.17, 15) is 0 Å². The van der Waals surface area contributed by atoms with Crippen LogP contribution >= 0.6 is 11.8 Å². The van der Waals surface area contributed by atoms with Crippen molar-refractivity contribution in [1.82, 2.24) is 19.9 Å². The van der Waals surface area contributed by atoms with Crippen molar-refractivity contribution >= 4 is 45.9 Å². The summed E-state index contributed by atoms with van der Waals surface area (Å²) in [4.78, 5) is 28.5. The van der Waals surface area contributed by atoms with E-state index in [-0.39, 0.29) is 0 Å². The summed E-state index contributed by atoms with van der Waals surface area (Å²) in [5, 5.41) is 0. The van der Waals surface area contributed by atoms with Crippen molar-refractivity contribution in [3.05, 3.63) is 267 Å². The molecule has 2 aromatic heterocycles. The summed E-state index contributed by atoms with van der Waals surface area (Å²) in [6.07, 6.45) is 0. The lowest BCUT2D eigenvalue weighted by molar-refractivity contribution is 0.477. The van der Waals surface area contributed by atoms with Gasteiger partial charge in [-0.3, -0.25) is 0 Å².